The van der Waals surface area contributed by atoms with Crippen LogP contribution in [-0.2, 0) is 17.8 Å². The van der Waals surface area contributed by atoms with E-state index < -0.39 is 0 Å². The number of aliphatic imine (C=N–C) groups is 1. The zero-order chi connectivity index (χ0) is 24.5. The summed E-state index contributed by atoms with van der Waals surface area (Å²) in [5.74, 6) is -0.0518. The number of aromatic nitrogens is 1. The number of carbonyl (C=O) groups is 1. The lowest BCUT2D eigenvalue weighted by atomic mass is 10.1. The minimum atomic E-state index is -0.0518. The number of amides is 1. The minimum absolute atomic E-state index is 0.0518. The Morgan fingerprint density at radius 1 is 1.00 bits per heavy atom. The lowest BCUT2D eigenvalue weighted by molar-refractivity contribution is -0.121. The predicted molar refractivity (Wildman–Crippen MR) is 149 cm³/mol. The molecular formula is C28H23Cl2N3OS. The van der Waals surface area contributed by atoms with E-state index in [1.807, 2.05) is 54.6 Å². The van der Waals surface area contributed by atoms with Gasteiger partial charge in [0, 0.05) is 36.3 Å². The van der Waals surface area contributed by atoms with E-state index in [0.29, 0.717) is 26.7 Å². The lowest BCUT2D eigenvalue weighted by Gasteiger charge is -2.08. The smallest absolute Gasteiger partial charge is 0.266 e. The number of nitrogens with zero attached hydrogens (tertiary/aromatic N) is 3. The summed E-state index contributed by atoms with van der Waals surface area (Å²) in [4.78, 5) is 20.2. The van der Waals surface area contributed by atoms with Crippen molar-refractivity contribution in [3.63, 3.8) is 0 Å². The molecule has 4 aromatic rings. The average Bonchev–Trinajstić information content (AvgIpc) is 3.34. The number of rotatable bonds is 5. The average molecular weight is 520 g/mol. The van der Waals surface area contributed by atoms with Gasteiger partial charge in [0.1, 0.15) is 0 Å². The van der Waals surface area contributed by atoms with Gasteiger partial charge in [0.25, 0.3) is 5.91 Å². The maximum Gasteiger partial charge on any atom is 0.266 e. The van der Waals surface area contributed by atoms with E-state index in [2.05, 4.69) is 35.9 Å². The summed E-state index contributed by atoms with van der Waals surface area (Å²) in [5.41, 5.74) is 5.18. The van der Waals surface area contributed by atoms with Crippen molar-refractivity contribution in [2.24, 2.45) is 4.99 Å². The molecule has 0 radical (unpaired) electrons. The highest BCUT2D eigenvalue weighted by atomic mass is 35.5. The number of hydrogen-bond acceptors (Lipinski definition) is 3. The monoisotopic (exact) mass is 519 g/mol. The standard InChI is InChI=1S/C28H23Cl2N3OS/c1-3-19-8-4-6-10-24(19)31-28-32(2)27(34)26(35-28)15-20-17-33(25-11-7-5-9-21(20)25)16-18-12-13-22(29)23(30)14-18/h4-15,17H,3,16H2,1-2H3/b26-15+,31-28?. The maximum absolute atomic E-state index is 13.1. The van der Waals surface area contributed by atoms with Gasteiger partial charge in [0.15, 0.2) is 5.17 Å². The zero-order valence-corrected chi connectivity index (χ0v) is 21.7. The molecule has 0 bridgehead atoms. The quantitative estimate of drug-likeness (QED) is 0.252. The Labute approximate surface area is 218 Å². The van der Waals surface area contributed by atoms with E-state index in [1.54, 1.807) is 11.9 Å². The van der Waals surface area contributed by atoms with Crippen molar-refractivity contribution in [2.75, 3.05) is 7.05 Å². The van der Waals surface area contributed by atoms with Gasteiger partial charge < -0.3 is 4.57 Å². The molecule has 1 fully saturated rings. The summed E-state index contributed by atoms with van der Waals surface area (Å²) in [5, 5.41) is 2.84. The van der Waals surface area contributed by atoms with Crippen molar-refractivity contribution in [3.8, 4) is 0 Å². The Morgan fingerprint density at radius 3 is 2.57 bits per heavy atom. The van der Waals surface area contributed by atoms with Crippen LogP contribution in [0.5, 0.6) is 0 Å². The summed E-state index contributed by atoms with van der Waals surface area (Å²) >= 11 is 13.7. The van der Waals surface area contributed by atoms with Crippen LogP contribution in [0.4, 0.5) is 5.69 Å². The van der Waals surface area contributed by atoms with E-state index >= 15 is 0 Å². The van der Waals surface area contributed by atoms with E-state index in [0.717, 1.165) is 39.7 Å². The van der Waals surface area contributed by atoms with Crippen molar-refractivity contribution >= 4 is 68.7 Å². The van der Waals surface area contributed by atoms with Crippen LogP contribution in [0.1, 0.15) is 23.6 Å². The molecule has 0 spiro atoms. The van der Waals surface area contributed by atoms with Crippen LogP contribution in [0.15, 0.2) is 82.8 Å². The molecule has 7 heteroatoms. The fraction of sp³-hybridized carbons (Fsp3) is 0.143. The molecule has 1 amide bonds. The van der Waals surface area contributed by atoms with Crippen LogP contribution >= 0.6 is 35.0 Å². The molecule has 4 nitrogen and oxygen atoms in total. The lowest BCUT2D eigenvalue weighted by Crippen LogP contribution is -2.23. The molecule has 5 rings (SSSR count). The Balaban J connectivity index is 1.50. The van der Waals surface area contributed by atoms with Crippen molar-refractivity contribution in [1.82, 2.24) is 9.47 Å². The number of para-hydroxylation sites is 2. The van der Waals surface area contributed by atoms with Crippen molar-refractivity contribution < 1.29 is 4.79 Å². The number of amidine groups is 1. The minimum Gasteiger partial charge on any atom is -0.342 e. The van der Waals surface area contributed by atoms with E-state index in [-0.39, 0.29) is 5.91 Å². The van der Waals surface area contributed by atoms with Crippen LogP contribution in [0, 0.1) is 0 Å². The summed E-state index contributed by atoms with van der Waals surface area (Å²) in [7, 11) is 1.77. The van der Waals surface area contributed by atoms with Gasteiger partial charge in [0.2, 0.25) is 0 Å². The number of halogens is 2. The molecule has 0 saturated carbocycles. The van der Waals surface area contributed by atoms with E-state index in [1.165, 1.54) is 11.8 Å². The van der Waals surface area contributed by atoms with Gasteiger partial charge in [-0.3, -0.25) is 9.69 Å². The largest absolute Gasteiger partial charge is 0.342 e. The first-order valence-corrected chi connectivity index (χ1v) is 12.9. The molecule has 0 unspecified atom stereocenters. The fourth-order valence-corrected chi connectivity index (χ4v) is 5.46. The van der Waals surface area contributed by atoms with Crippen molar-refractivity contribution in [3.05, 3.63) is 105 Å². The Bertz CT molecular complexity index is 1510. The molecular weight excluding hydrogens is 497 g/mol. The second-order valence-electron chi connectivity index (χ2n) is 8.33. The van der Waals surface area contributed by atoms with Gasteiger partial charge in [-0.1, -0.05) is 72.6 Å². The number of thioether (sulfide) groups is 1. The van der Waals surface area contributed by atoms with Gasteiger partial charge in [0.05, 0.1) is 20.6 Å². The maximum atomic E-state index is 13.1. The van der Waals surface area contributed by atoms with Crippen LogP contribution in [0.2, 0.25) is 10.0 Å². The SMILES string of the molecule is CCc1ccccc1N=C1S/C(=C/c2cn(Cc3ccc(Cl)c(Cl)c3)c3ccccc23)C(=O)N1C. The number of benzene rings is 3. The molecule has 0 atom stereocenters. The first kappa shape index (κ1) is 23.7. The molecule has 1 aliphatic rings. The van der Waals surface area contributed by atoms with E-state index in [4.69, 9.17) is 28.2 Å². The number of hydrogen-bond donors (Lipinski definition) is 0. The number of likely N-dealkylation sites (N-methyl/N-ethyl adjacent to an activating group) is 1. The molecule has 35 heavy (non-hydrogen) atoms. The fourth-order valence-electron chi connectivity index (χ4n) is 4.17. The molecule has 1 aromatic heterocycles. The summed E-state index contributed by atoms with van der Waals surface area (Å²) in [6, 6.07) is 21.9. The Kier molecular flexibility index (Phi) is 6.74. The predicted octanol–water partition coefficient (Wildman–Crippen LogP) is 7.79. The topological polar surface area (TPSA) is 37.6 Å². The molecule has 176 valence electrons. The van der Waals surface area contributed by atoms with Gasteiger partial charge in [-0.05, 0) is 59.7 Å². The van der Waals surface area contributed by atoms with Gasteiger partial charge in [-0.15, -0.1) is 0 Å². The third kappa shape index (κ3) is 4.76. The first-order valence-electron chi connectivity index (χ1n) is 11.3. The second-order valence-corrected chi connectivity index (χ2v) is 10.2. The van der Waals surface area contributed by atoms with Crippen LogP contribution in [0.25, 0.3) is 17.0 Å². The number of aryl methyl sites for hydroxylation is 1. The molecule has 2 heterocycles. The van der Waals surface area contributed by atoms with E-state index in [9.17, 15) is 4.79 Å². The second kappa shape index (κ2) is 9.94. The van der Waals surface area contributed by atoms with Crippen LogP contribution in [-0.4, -0.2) is 27.6 Å². The molecule has 1 aliphatic heterocycles. The highest BCUT2D eigenvalue weighted by Crippen LogP contribution is 2.35. The molecule has 0 N–H and O–H groups in total. The Hall–Kier alpha value is -2.99. The zero-order valence-electron chi connectivity index (χ0n) is 19.3. The summed E-state index contributed by atoms with van der Waals surface area (Å²) < 4.78 is 2.17. The summed E-state index contributed by atoms with van der Waals surface area (Å²) in [6.45, 7) is 2.75. The van der Waals surface area contributed by atoms with Crippen molar-refractivity contribution in [2.45, 2.75) is 19.9 Å². The molecule has 3 aromatic carbocycles. The third-order valence-electron chi connectivity index (χ3n) is 6.04. The molecule has 1 saturated heterocycles. The normalized spacial score (nSPS) is 16.2. The van der Waals surface area contributed by atoms with Crippen LogP contribution in [0.3, 0.4) is 0 Å². The highest BCUT2D eigenvalue weighted by molar-refractivity contribution is 8.18. The number of carbonyl (C=O) groups excluding carboxylic acids is 1. The van der Waals surface area contributed by atoms with Crippen LogP contribution < -0.4 is 0 Å². The summed E-state index contributed by atoms with van der Waals surface area (Å²) in [6.07, 6.45) is 4.93. The Morgan fingerprint density at radius 2 is 1.77 bits per heavy atom. The highest BCUT2D eigenvalue weighted by Gasteiger charge is 2.30. The third-order valence-corrected chi connectivity index (χ3v) is 7.83. The molecule has 0 aliphatic carbocycles. The first-order chi connectivity index (χ1) is 16.9. The number of fused-ring (bicyclic) bond motifs is 1. The van der Waals surface area contributed by atoms with Gasteiger partial charge in [-0.2, -0.15) is 0 Å². The van der Waals surface area contributed by atoms with Gasteiger partial charge >= 0.3 is 0 Å². The van der Waals surface area contributed by atoms with Crippen molar-refractivity contribution in [1.29, 1.82) is 0 Å². The van der Waals surface area contributed by atoms with Gasteiger partial charge in [-0.25, -0.2) is 4.99 Å².